The minimum absolute atomic E-state index is 0.0972. The van der Waals surface area contributed by atoms with Gasteiger partial charge in [-0.15, -0.1) is 0 Å². The molecule has 0 amide bonds. The summed E-state index contributed by atoms with van der Waals surface area (Å²) in [5, 5.41) is 0. The van der Waals surface area contributed by atoms with Crippen LogP contribution in [0.15, 0.2) is 89.8 Å². The smallest absolute Gasteiger partial charge is 0.244 e. The summed E-state index contributed by atoms with van der Waals surface area (Å²) in [4.78, 5) is 2.58. The Balaban J connectivity index is 1.67. The Morgan fingerprint density at radius 1 is 0.886 bits per heavy atom. The van der Waals surface area contributed by atoms with Crippen LogP contribution in [0.3, 0.4) is 0 Å². The van der Waals surface area contributed by atoms with Crippen LogP contribution in [0, 0.1) is 18.8 Å². The fourth-order valence-electron chi connectivity index (χ4n) is 4.25. The second-order valence-corrected chi connectivity index (χ2v) is 10.6. The Labute approximate surface area is 209 Å². The first-order chi connectivity index (χ1) is 17.0. The van der Waals surface area contributed by atoms with Crippen LogP contribution in [0.2, 0.25) is 0 Å². The molecule has 0 aliphatic carbocycles. The number of morpholine rings is 1. The molecule has 0 aromatic heterocycles. The Hall–Kier alpha value is -2.95. The largest absolute Gasteiger partial charge is 0.379 e. The highest BCUT2D eigenvalue weighted by molar-refractivity contribution is 7.89. The molecule has 1 heterocycles. The third kappa shape index (κ3) is 6.19. The molecule has 1 aliphatic heterocycles. The molecule has 1 fully saturated rings. The minimum Gasteiger partial charge on any atom is -0.379 e. The molecule has 5 nitrogen and oxygen atoms in total. The summed E-state index contributed by atoms with van der Waals surface area (Å²) in [7, 11) is -3.76. The van der Waals surface area contributed by atoms with Crippen molar-refractivity contribution >= 4 is 10.0 Å². The lowest BCUT2D eigenvalue weighted by atomic mass is 10.1. The molecule has 0 bridgehead atoms. The van der Waals surface area contributed by atoms with Crippen molar-refractivity contribution in [3.8, 4) is 11.8 Å². The first-order valence-electron chi connectivity index (χ1n) is 12.0. The topological polar surface area (TPSA) is 49.9 Å². The van der Waals surface area contributed by atoms with Gasteiger partial charge in [0.2, 0.25) is 10.0 Å². The van der Waals surface area contributed by atoms with Gasteiger partial charge in [0.25, 0.3) is 0 Å². The van der Waals surface area contributed by atoms with E-state index in [4.69, 9.17) is 4.74 Å². The van der Waals surface area contributed by atoms with Crippen molar-refractivity contribution in [2.75, 3.05) is 32.8 Å². The summed E-state index contributed by atoms with van der Waals surface area (Å²) in [6.07, 6.45) is 0. The average Bonchev–Trinajstić information content (AvgIpc) is 2.90. The highest BCUT2D eigenvalue weighted by Gasteiger charge is 2.29. The minimum atomic E-state index is -3.76. The number of aryl methyl sites for hydroxylation is 1. The third-order valence-corrected chi connectivity index (χ3v) is 8.27. The number of rotatable bonds is 7. The molecule has 35 heavy (non-hydrogen) atoms. The van der Waals surface area contributed by atoms with Crippen LogP contribution in [0.1, 0.15) is 35.7 Å². The zero-order chi connectivity index (χ0) is 24.7. The molecule has 0 saturated carbocycles. The van der Waals surface area contributed by atoms with E-state index in [0.717, 1.165) is 29.8 Å². The summed E-state index contributed by atoms with van der Waals surface area (Å²) in [6, 6.07) is 26.4. The van der Waals surface area contributed by atoms with E-state index in [2.05, 4.69) is 28.9 Å². The summed E-state index contributed by atoms with van der Waals surface area (Å²) >= 11 is 0. The highest BCUT2D eigenvalue weighted by Crippen LogP contribution is 2.28. The normalized spacial score (nSPS) is 16.3. The number of sulfonamides is 1. The van der Waals surface area contributed by atoms with E-state index >= 15 is 0 Å². The molecule has 3 aromatic rings. The standard InChI is InChI=1S/C29H32N2O3S/c1-24-15-17-28(18-16-24)35(32,33)31(25(2)26-10-5-3-6-11-26)19-9-14-29(27-12-7-4-8-13-27)30-20-22-34-23-21-30/h3-8,10-13,15-18,25,29H,19-23H2,1-2H3. The van der Waals surface area contributed by atoms with E-state index in [9.17, 15) is 8.42 Å². The van der Waals surface area contributed by atoms with Crippen molar-refractivity contribution in [3.63, 3.8) is 0 Å². The number of benzene rings is 3. The summed E-state index contributed by atoms with van der Waals surface area (Å²) in [5.41, 5.74) is 3.05. The van der Waals surface area contributed by atoms with Crippen molar-refractivity contribution in [1.29, 1.82) is 0 Å². The number of hydrogen-bond acceptors (Lipinski definition) is 4. The van der Waals surface area contributed by atoms with Crippen molar-refractivity contribution in [1.82, 2.24) is 9.21 Å². The zero-order valence-electron chi connectivity index (χ0n) is 20.3. The molecular weight excluding hydrogens is 456 g/mol. The van der Waals surface area contributed by atoms with Crippen molar-refractivity contribution in [2.45, 2.75) is 30.8 Å². The maximum atomic E-state index is 13.7. The number of ether oxygens (including phenoxy) is 1. The van der Waals surface area contributed by atoms with Crippen LogP contribution in [-0.4, -0.2) is 50.5 Å². The quantitative estimate of drug-likeness (QED) is 0.447. The van der Waals surface area contributed by atoms with Crippen LogP contribution in [-0.2, 0) is 14.8 Å². The predicted octanol–water partition coefficient (Wildman–Crippen LogP) is 4.82. The number of hydrogen-bond donors (Lipinski definition) is 0. The fraction of sp³-hybridized carbons (Fsp3) is 0.310. The van der Waals surface area contributed by atoms with Crippen molar-refractivity contribution < 1.29 is 13.2 Å². The fourth-order valence-corrected chi connectivity index (χ4v) is 5.77. The molecule has 1 aliphatic rings. The summed E-state index contributed by atoms with van der Waals surface area (Å²) in [5.74, 6) is 6.62. The van der Waals surface area contributed by atoms with Crippen LogP contribution in [0.5, 0.6) is 0 Å². The van der Waals surface area contributed by atoms with Gasteiger partial charge in [0.1, 0.15) is 0 Å². The van der Waals surface area contributed by atoms with Gasteiger partial charge in [-0.05, 0) is 37.1 Å². The molecule has 0 spiro atoms. The SMILES string of the molecule is Cc1ccc(S(=O)(=O)N(CC#CC(c2ccccc2)N2CCOCC2)C(C)c2ccccc2)cc1. The first-order valence-corrected chi connectivity index (χ1v) is 13.4. The zero-order valence-corrected chi connectivity index (χ0v) is 21.1. The van der Waals surface area contributed by atoms with Gasteiger partial charge in [-0.2, -0.15) is 4.31 Å². The monoisotopic (exact) mass is 488 g/mol. The van der Waals surface area contributed by atoms with Gasteiger partial charge in [-0.1, -0.05) is 90.2 Å². The molecule has 0 radical (unpaired) electrons. The Kier molecular flexibility index (Phi) is 8.37. The Morgan fingerprint density at radius 2 is 1.46 bits per heavy atom. The maximum absolute atomic E-state index is 13.7. The lowest BCUT2D eigenvalue weighted by molar-refractivity contribution is 0.0269. The van der Waals surface area contributed by atoms with Gasteiger partial charge < -0.3 is 4.74 Å². The molecule has 2 atom stereocenters. The van der Waals surface area contributed by atoms with E-state index in [0.29, 0.717) is 13.2 Å². The van der Waals surface area contributed by atoms with E-state index in [-0.39, 0.29) is 23.5 Å². The van der Waals surface area contributed by atoms with Crippen LogP contribution >= 0.6 is 0 Å². The van der Waals surface area contributed by atoms with Gasteiger partial charge in [0, 0.05) is 19.1 Å². The van der Waals surface area contributed by atoms with Gasteiger partial charge in [0.05, 0.1) is 30.7 Å². The third-order valence-electron chi connectivity index (χ3n) is 6.34. The first kappa shape index (κ1) is 25.2. The Bertz CT molecular complexity index is 1240. The van der Waals surface area contributed by atoms with E-state index < -0.39 is 10.0 Å². The molecule has 0 N–H and O–H groups in total. The molecule has 2 unspecified atom stereocenters. The van der Waals surface area contributed by atoms with Crippen molar-refractivity contribution in [2.24, 2.45) is 0 Å². The lowest BCUT2D eigenvalue weighted by Crippen LogP contribution is -2.38. The van der Waals surface area contributed by atoms with Gasteiger partial charge in [-0.3, -0.25) is 4.90 Å². The highest BCUT2D eigenvalue weighted by atomic mass is 32.2. The van der Waals surface area contributed by atoms with Crippen molar-refractivity contribution in [3.05, 3.63) is 102 Å². The second kappa shape index (κ2) is 11.7. The van der Waals surface area contributed by atoms with E-state index in [1.165, 1.54) is 4.31 Å². The molecule has 6 heteroatoms. The average molecular weight is 489 g/mol. The summed E-state index contributed by atoms with van der Waals surface area (Å²) < 4.78 is 34.5. The van der Waals surface area contributed by atoms with E-state index in [1.807, 2.05) is 74.5 Å². The van der Waals surface area contributed by atoms with Crippen LogP contribution < -0.4 is 0 Å². The molecule has 1 saturated heterocycles. The summed E-state index contributed by atoms with van der Waals surface area (Å²) in [6.45, 7) is 6.88. The predicted molar refractivity (Wildman–Crippen MR) is 139 cm³/mol. The van der Waals surface area contributed by atoms with Gasteiger partial charge >= 0.3 is 0 Å². The molecule has 4 rings (SSSR count). The van der Waals surface area contributed by atoms with Gasteiger partial charge in [-0.25, -0.2) is 8.42 Å². The van der Waals surface area contributed by atoms with E-state index in [1.54, 1.807) is 12.1 Å². The van der Waals surface area contributed by atoms with Crippen LogP contribution in [0.4, 0.5) is 0 Å². The molecular formula is C29H32N2O3S. The molecule has 182 valence electrons. The number of nitrogens with zero attached hydrogens (tertiary/aromatic N) is 2. The maximum Gasteiger partial charge on any atom is 0.244 e. The lowest BCUT2D eigenvalue weighted by Gasteiger charge is -2.32. The second-order valence-electron chi connectivity index (χ2n) is 8.73. The van der Waals surface area contributed by atoms with Crippen LogP contribution in [0.25, 0.3) is 0 Å². The van der Waals surface area contributed by atoms with Gasteiger partial charge in [0.15, 0.2) is 0 Å². The molecule has 3 aromatic carbocycles. The Morgan fingerprint density at radius 3 is 2.06 bits per heavy atom.